The monoisotopic (exact) mass is 389 g/mol. The third kappa shape index (κ3) is 3.75. The summed E-state index contributed by atoms with van der Waals surface area (Å²) in [5.41, 5.74) is 1.01. The molecule has 1 aromatic heterocycles. The van der Waals surface area contributed by atoms with Crippen molar-refractivity contribution in [2.75, 3.05) is 18.9 Å². The number of aromatic amines is 1. The number of carbonyl (C=O) groups is 2. The molecule has 0 radical (unpaired) electrons. The van der Waals surface area contributed by atoms with Crippen molar-refractivity contribution in [2.45, 2.75) is 4.90 Å². The van der Waals surface area contributed by atoms with Gasteiger partial charge < -0.3 is 14.5 Å². The van der Waals surface area contributed by atoms with E-state index in [0.717, 1.165) is 26.4 Å². The van der Waals surface area contributed by atoms with Crippen LogP contribution in [-0.2, 0) is 19.5 Å². The summed E-state index contributed by atoms with van der Waals surface area (Å²) >= 11 is 0. The van der Waals surface area contributed by atoms with E-state index < -0.39 is 22.0 Å². The molecule has 27 heavy (non-hydrogen) atoms. The van der Waals surface area contributed by atoms with E-state index in [1.165, 1.54) is 6.07 Å². The molecular formula is C17H15N3O6S. The molecular weight excluding hydrogens is 374 g/mol. The van der Waals surface area contributed by atoms with Crippen LogP contribution in [0.2, 0.25) is 0 Å². The lowest BCUT2D eigenvalue weighted by Crippen LogP contribution is -2.16. The summed E-state index contributed by atoms with van der Waals surface area (Å²) in [5.74, 6) is -1.58. The smallest absolute Gasteiger partial charge is 0.337 e. The first-order valence-electron chi connectivity index (χ1n) is 7.63. The van der Waals surface area contributed by atoms with Crippen LogP contribution >= 0.6 is 0 Å². The molecule has 10 heteroatoms. The van der Waals surface area contributed by atoms with E-state index in [2.05, 4.69) is 24.2 Å². The fourth-order valence-corrected chi connectivity index (χ4v) is 3.45. The van der Waals surface area contributed by atoms with Crippen LogP contribution in [0.5, 0.6) is 0 Å². The Kier molecular flexibility index (Phi) is 4.82. The van der Waals surface area contributed by atoms with Crippen LogP contribution in [-0.4, -0.2) is 44.5 Å². The van der Waals surface area contributed by atoms with Crippen LogP contribution in [0.3, 0.4) is 0 Å². The number of esters is 2. The predicted octanol–water partition coefficient (Wildman–Crippen LogP) is 1.94. The minimum Gasteiger partial charge on any atom is -0.465 e. The highest BCUT2D eigenvalue weighted by Crippen LogP contribution is 2.21. The van der Waals surface area contributed by atoms with Crippen LogP contribution in [0.25, 0.3) is 11.0 Å². The highest BCUT2D eigenvalue weighted by atomic mass is 32.2. The summed E-state index contributed by atoms with van der Waals surface area (Å²) < 4.78 is 37.0. The number of nitrogens with one attached hydrogen (secondary N) is 2. The first-order valence-corrected chi connectivity index (χ1v) is 9.11. The Morgan fingerprint density at radius 2 is 1.59 bits per heavy atom. The number of para-hydroxylation sites is 2. The van der Waals surface area contributed by atoms with Gasteiger partial charge in [-0.3, -0.25) is 0 Å². The van der Waals surface area contributed by atoms with Crippen molar-refractivity contribution in [1.82, 2.24) is 9.97 Å². The number of fused-ring (bicyclic) bond motifs is 1. The molecule has 0 amide bonds. The Hall–Kier alpha value is -3.40. The van der Waals surface area contributed by atoms with Crippen LogP contribution < -0.4 is 4.72 Å². The maximum Gasteiger partial charge on any atom is 0.337 e. The Bertz CT molecular complexity index is 1070. The lowest BCUT2D eigenvalue weighted by Gasteiger charge is -2.09. The molecule has 1 heterocycles. The first-order chi connectivity index (χ1) is 12.8. The predicted molar refractivity (Wildman–Crippen MR) is 96.0 cm³/mol. The zero-order valence-corrected chi connectivity index (χ0v) is 15.2. The van der Waals surface area contributed by atoms with Crippen molar-refractivity contribution in [2.24, 2.45) is 0 Å². The summed E-state index contributed by atoms with van der Waals surface area (Å²) in [6.45, 7) is 0. The number of rotatable bonds is 5. The summed E-state index contributed by atoms with van der Waals surface area (Å²) in [7, 11) is -1.86. The molecule has 0 spiro atoms. The van der Waals surface area contributed by atoms with E-state index in [1.54, 1.807) is 24.3 Å². The zero-order valence-electron chi connectivity index (χ0n) is 14.3. The number of H-pyrrole nitrogens is 1. The average Bonchev–Trinajstić information content (AvgIpc) is 3.07. The molecule has 140 valence electrons. The molecule has 0 saturated heterocycles. The van der Waals surface area contributed by atoms with Crippen molar-refractivity contribution in [3.63, 3.8) is 0 Å². The molecule has 2 N–H and O–H groups in total. The number of anilines is 1. The maximum absolute atomic E-state index is 12.7. The van der Waals surface area contributed by atoms with Gasteiger partial charge in [-0.25, -0.2) is 27.7 Å². The number of methoxy groups -OCH3 is 2. The van der Waals surface area contributed by atoms with Gasteiger partial charge in [-0.1, -0.05) is 12.1 Å². The Balaban J connectivity index is 2.04. The first kappa shape index (κ1) is 18.4. The molecule has 2 aromatic carbocycles. The molecule has 3 rings (SSSR count). The van der Waals surface area contributed by atoms with E-state index >= 15 is 0 Å². The highest BCUT2D eigenvalue weighted by molar-refractivity contribution is 7.92. The second kappa shape index (κ2) is 7.08. The maximum atomic E-state index is 12.7. The van der Waals surface area contributed by atoms with Crippen molar-refractivity contribution in [1.29, 1.82) is 0 Å². The van der Waals surface area contributed by atoms with Gasteiger partial charge in [0.25, 0.3) is 10.0 Å². The van der Waals surface area contributed by atoms with Gasteiger partial charge in [0.2, 0.25) is 5.95 Å². The number of hydrogen-bond acceptors (Lipinski definition) is 7. The molecule has 0 unspecified atom stereocenters. The van der Waals surface area contributed by atoms with Gasteiger partial charge in [0, 0.05) is 0 Å². The zero-order chi connectivity index (χ0) is 19.6. The Morgan fingerprint density at radius 1 is 1.00 bits per heavy atom. The second-order valence-corrected chi connectivity index (χ2v) is 7.12. The fourth-order valence-electron chi connectivity index (χ4n) is 2.41. The molecule has 0 atom stereocenters. The second-order valence-electron chi connectivity index (χ2n) is 5.44. The molecule has 0 aliphatic rings. The van der Waals surface area contributed by atoms with Crippen molar-refractivity contribution in [3.8, 4) is 0 Å². The van der Waals surface area contributed by atoms with Gasteiger partial charge in [-0.15, -0.1) is 0 Å². The number of imidazole rings is 1. The molecule has 0 aliphatic heterocycles. The molecule has 0 bridgehead atoms. The summed E-state index contributed by atoms with van der Waals surface area (Å²) in [4.78, 5) is 30.3. The largest absolute Gasteiger partial charge is 0.465 e. The fraction of sp³-hybridized carbons (Fsp3) is 0.118. The van der Waals surface area contributed by atoms with Gasteiger partial charge in [0.05, 0.1) is 41.3 Å². The lowest BCUT2D eigenvalue weighted by atomic mass is 10.1. The minimum absolute atomic E-state index is 0.000658. The Labute approximate surface area is 154 Å². The standard InChI is InChI=1S/C17H15N3O6S/c1-25-15(21)10-7-11(16(22)26-2)9-12(8-10)27(23,24)20-17-18-13-5-3-4-6-14(13)19-17/h3-9H,1-2H3,(H2,18,19,20). The topological polar surface area (TPSA) is 127 Å². The van der Waals surface area contributed by atoms with E-state index in [4.69, 9.17) is 0 Å². The summed E-state index contributed by atoms with van der Waals surface area (Å²) in [5, 5.41) is 0. The van der Waals surface area contributed by atoms with E-state index in [0.29, 0.717) is 11.0 Å². The van der Waals surface area contributed by atoms with Gasteiger partial charge in [-0.05, 0) is 30.3 Å². The van der Waals surface area contributed by atoms with Gasteiger partial charge in [0.15, 0.2) is 0 Å². The quantitative estimate of drug-likeness (QED) is 0.638. The third-order valence-electron chi connectivity index (χ3n) is 3.68. The van der Waals surface area contributed by atoms with E-state index in [-0.39, 0.29) is 22.0 Å². The number of ether oxygens (including phenoxy) is 2. The van der Waals surface area contributed by atoms with Crippen LogP contribution in [0.4, 0.5) is 5.95 Å². The normalized spacial score (nSPS) is 11.2. The van der Waals surface area contributed by atoms with E-state index in [9.17, 15) is 18.0 Å². The van der Waals surface area contributed by atoms with Gasteiger partial charge in [-0.2, -0.15) is 0 Å². The third-order valence-corrected chi connectivity index (χ3v) is 5.00. The number of carbonyl (C=O) groups excluding carboxylic acids is 2. The summed E-state index contributed by atoms with van der Waals surface area (Å²) in [6, 6.07) is 10.4. The number of benzene rings is 2. The molecule has 0 fully saturated rings. The Morgan fingerprint density at radius 3 is 2.15 bits per heavy atom. The van der Waals surface area contributed by atoms with Crippen LogP contribution in [0, 0.1) is 0 Å². The van der Waals surface area contributed by atoms with Crippen molar-refractivity contribution in [3.05, 3.63) is 53.6 Å². The van der Waals surface area contributed by atoms with Crippen LogP contribution in [0.1, 0.15) is 20.7 Å². The van der Waals surface area contributed by atoms with Crippen LogP contribution in [0.15, 0.2) is 47.4 Å². The number of nitrogens with zero attached hydrogens (tertiary/aromatic N) is 1. The molecule has 0 saturated carbocycles. The van der Waals surface area contributed by atoms with E-state index in [1.807, 2.05) is 0 Å². The number of aromatic nitrogens is 2. The molecule has 3 aromatic rings. The lowest BCUT2D eigenvalue weighted by molar-refractivity contribution is 0.0598. The van der Waals surface area contributed by atoms with Gasteiger partial charge >= 0.3 is 11.9 Å². The number of sulfonamides is 1. The highest BCUT2D eigenvalue weighted by Gasteiger charge is 2.22. The SMILES string of the molecule is COC(=O)c1cc(C(=O)OC)cc(S(=O)(=O)Nc2nc3ccccc3[nH]2)c1. The molecule has 9 nitrogen and oxygen atoms in total. The van der Waals surface area contributed by atoms with Gasteiger partial charge in [0.1, 0.15) is 0 Å². The van der Waals surface area contributed by atoms with Crippen molar-refractivity contribution >= 4 is 38.9 Å². The molecule has 0 aliphatic carbocycles. The average molecular weight is 389 g/mol. The van der Waals surface area contributed by atoms with Crippen molar-refractivity contribution < 1.29 is 27.5 Å². The minimum atomic E-state index is -4.15. The number of hydrogen-bond donors (Lipinski definition) is 2. The summed E-state index contributed by atoms with van der Waals surface area (Å²) in [6.07, 6.45) is 0.